The number of nitrogens with one attached hydrogen (secondary N) is 2. The van der Waals surface area contributed by atoms with Crippen molar-refractivity contribution in [2.24, 2.45) is 4.99 Å². The highest BCUT2D eigenvalue weighted by Crippen LogP contribution is 2.21. The lowest BCUT2D eigenvalue weighted by molar-refractivity contribution is 0.122. The van der Waals surface area contributed by atoms with Crippen molar-refractivity contribution < 1.29 is 9.13 Å². The van der Waals surface area contributed by atoms with Crippen molar-refractivity contribution >= 4 is 47.0 Å². The maximum atomic E-state index is 14.5. The van der Waals surface area contributed by atoms with E-state index in [4.69, 9.17) is 4.74 Å². The van der Waals surface area contributed by atoms with Gasteiger partial charge in [0.2, 0.25) is 0 Å². The molecule has 1 fully saturated rings. The van der Waals surface area contributed by atoms with Gasteiger partial charge in [0.25, 0.3) is 0 Å². The molecule has 0 amide bonds. The van der Waals surface area contributed by atoms with Crippen LogP contribution in [-0.2, 0) is 17.7 Å². The van der Waals surface area contributed by atoms with Gasteiger partial charge in [-0.2, -0.15) is 0 Å². The zero-order valence-electron chi connectivity index (χ0n) is 16.2. The van der Waals surface area contributed by atoms with Gasteiger partial charge in [0, 0.05) is 50.7 Å². The van der Waals surface area contributed by atoms with Gasteiger partial charge < -0.3 is 20.3 Å². The Balaban J connectivity index is 0.00000280. The molecule has 0 spiro atoms. The number of rotatable bonds is 6. The van der Waals surface area contributed by atoms with E-state index >= 15 is 0 Å². The predicted octanol–water partition coefficient (Wildman–Crippen LogP) is 2.95. The molecule has 3 rings (SSSR count). The van der Waals surface area contributed by atoms with Gasteiger partial charge in [-0.25, -0.2) is 9.37 Å². The van der Waals surface area contributed by atoms with Crippen LogP contribution in [0.3, 0.4) is 0 Å². The monoisotopic (exact) mass is 519 g/mol. The first-order valence-corrected chi connectivity index (χ1v) is 9.94. The standard InChI is InChI=1S/C19H26FN5OS.HI/c1-14-12-23-18(27-14)5-6-22-19(21-2)24-13-15-3-4-17(16(20)11-15)25-7-9-26-10-8-25;/h3-4,11-12H,5-10,13H2,1-2H3,(H2,21,22,24);1H. The van der Waals surface area contributed by atoms with Crippen LogP contribution in [0.15, 0.2) is 29.4 Å². The molecule has 2 aromatic rings. The van der Waals surface area contributed by atoms with E-state index in [1.807, 2.05) is 23.2 Å². The lowest BCUT2D eigenvalue weighted by Gasteiger charge is -2.29. The number of halogens is 2. The number of aliphatic imine (C=N–C) groups is 1. The van der Waals surface area contributed by atoms with Gasteiger partial charge >= 0.3 is 0 Å². The lowest BCUT2D eigenvalue weighted by atomic mass is 10.1. The third-order valence-corrected chi connectivity index (χ3v) is 5.32. The number of morpholine rings is 1. The van der Waals surface area contributed by atoms with E-state index in [0.29, 0.717) is 31.4 Å². The van der Waals surface area contributed by atoms with Crippen molar-refractivity contribution in [3.05, 3.63) is 45.7 Å². The van der Waals surface area contributed by atoms with Gasteiger partial charge in [0.05, 0.1) is 23.9 Å². The van der Waals surface area contributed by atoms with Crippen LogP contribution in [0.4, 0.5) is 10.1 Å². The normalized spacial score (nSPS) is 14.5. The number of aromatic nitrogens is 1. The number of nitrogens with zero attached hydrogens (tertiary/aromatic N) is 3. The summed E-state index contributed by atoms with van der Waals surface area (Å²) in [4.78, 5) is 11.8. The Kier molecular flexibility index (Phi) is 9.39. The van der Waals surface area contributed by atoms with Crippen LogP contribution in [0, 0.1) is 12.7 Å². The topological polar surface area (TPSA) is 61.8 Å². The summed E-state index contributed by atoms with van der Waals surface area (Å²) in [6, 6.07) is 5.38. The van der Waals surface area contributed by atoms with E-state index in [1.165, 1.54) is 4.88 Å². The van der Waals surface area contributed by atoms with E-state index < -0.39 is 0 Å². The molecule has 6 nitrogen and oxygen atoms in total. The Morgan fingerprint density at radius 2 is 2.11 bits per heavy atom. The fraction of sp³-hybridized carbons (Fsp3) is 0.474. The van der Waals surface area contributed by atoms with Crippen LogP contribution in [0.1, 0.15) is 15.4 Å². The molecule has 0 bridgehead atoms. The molecule has 0 atom stereocenters. The van der Waals surface area contributed by atoms with Gasteiger partial charge in [-0.05, 0) is 24.6 Å². The van der Waals surface area contributed by atoms with Crippen molar-refractivity contribution in [2.45, 2.75) is 19.9 Å². The van der Waals surface area contributed by atoms with E-state index in [-0.39, 0.29) is 29.8 Å². The number of guanidine groups is 1. The molecule has 9 heteroatoms. The molecule has 0 radical (unpaired) electrons. The van der Waals surface area contributed by atoms with Gasteiger partial charge in [-0.15, -0.1) is 35.3 Å². The van der Waals surface area contributed by atoms with Gasteiger partial charge in [-0.3, -0.25) is 4.99 Å². The Bertz CT molecular complexity index is 779. The predicted molar refractivity (Wildman–Crippen MR) is 124 cm³/mol. The van der Waals surface area contributed by atoms with Crippen molar-refractivity contribution in [3.63, 3.8) is 0 Å². The van der Waals surface area contributed by atoms with Crippen LogP contribution < -0.4 is 15.5 Å². The molecular formula is C19H27FIN5OS. The molecule has 2 heterocycles. The Labute approximate surface area is 186 Å². The minimum absolute atomic E-state index is 0. The summed E-state index contributed by atoms with van der Waals surface area (Å²) >= 11 is 1.71. The average Bonchev–Trinajstić information content (AvgIpc) is 3.10. The Hall–Kier alpha value is -1.46. The molecule has 1 aromatic heterocycles. The van der Waals surface area contributed by atoms with Crippen molar-refractivity contribution in [1.29, 1.82) is 0 Å². The first kappa shape index (κ1) is 22.8. The Morgan fingerprint density at radius 1 is 1.32 bits per heavy atom. The number of hydrogen-bond donors (Lipinski definition) is 2. The third kappa shape index (κ3) is 6.56. The van der Waals surface area contributed by atoms with E-state index in [1.54, 1.807) is 24.5 Å². The summed E-state index contributed by atoms with van der Waals surface area (Å²) in [7, 11) is 1.73. The van der Waals surface area contributed by atoms with Crippen LogP contribution in [-0.4, -0.2) is 50.8 Å². The van der Waals surface area contributed by atoms with Gasteiger partial charge in [0.1, 0.15) is 5.82 Å². The highest BCUT2D eigenvalue weighted by Gasteiger charge is 2.15. The second-order valence-corrected chi connectivity index (χ2v) is 7.67. The number of anilines is 1. The SMILES string of the molecule is CN=C(NCCc1ncc(C)s1)NCc1ccc(N2CCOCC2)c(F)c1.I. The third-order valence-electron chi connectivity index (χ3n) is 4.35. The summed E-state index contributed by atoms with van der Waals surface area (Å²) in [6.07, 6.45) is 2.74. The fourth-order valence-corrected chi connectivity index (χ4v) is 3.72. The van der Waals surface area contributed by atoms with E-state index in [0.717, 1.165) is 36.6 Å². The van der Waals surface area contributed by atoms with E-state index in [9.17, 15) is 4.39 Å². The summed E-state index contributed by atoms with van der Waals surface area (Å²) < 4.78 is 19.8. The van der Waals surface area contributed by atoms with Crippen LogP contribution in [0.5, 0.6) is 0 Å². The molecule has 1 saturated heterocycles. The van der Waals surface area contributed by atoms with Crippen LogP contribution in [0.25, 0.3) is 0 Å². The minimum atomic E-state index is -0.196. The number of aryl methyl sites for hydroxylation is 1. The largest absolute Gasteiger partial charge is 0.378 e. The van der Waals surface area contributed by atoms with Crippen LogP contribution >= 0.6 is 35.3 Å². The molecule has 1 aliphatic heterocycles. The van der Waals surface area contributed by atoms with Crippen molar-refractivity contribution in [2.75, 3.05) is 44.8 Å². The summed E-state index contributed by atoms with van der Waals surface area (Å²) in [5.41, 5.74) is 1.52. The second kappa shape index (κ2) is 11.5. The smallest absolute Gasteiger partial charge is 0.191 e. The number of hydrogen-bond acceptors (Lipinski definition) is 5. The van der Waals surface area contributed by atoms with Gasteiger partial charge in [-0.1, -0.05) is 6.07 Å². The molecule has 28 heavy (non-hydrogen) atoms. The fourth-order valence-electron chi connectivity index (χ4n) is 2.93. The maximum Gasteiger partial charge on any atom is 0.191 e. The first-order chi connectivity index (χ1) is 13.2. The lowest BCUT2D eigenvalue weighted by Crippen LogP contribution is -2.38. The summed E-state index contributed by atoms with van der Waals surface area (Å²) in [6.45, 7) is 6.05. The van der Waals surface area contributed by atoms with Crippen molar-refractivity contribution in [1.82, 2.24) is 15.6 Å². The highest BCUT2D eigenvalue weighted by atomic mass is 127. The summed E-state index contributed by atoms with van der Waals surface area (Å²) in [5.74, 6) is 0.499. The molecule has 154 valence electrons. The maximum absolute atomic E-state index is 14.5. The number of benzene rings is 1. The molecule has 0 saturated carbocycles. The molecule has 1 aromatic carbocycles. The molecule has 2 N–H and O–H groups in total. The zero-order valence-corrected chi connectivity index (χ0v) is 19.4. The first-order valence-electron chi connectivity index (χ1n) is 9.12. The molecule has 1 aliphatic rings. The molecule has 0 unspecified atom stereocenters. The number of thiazole rings is 1. The summed E-state index contributed by atoms with van der Waals surface area (Å²) in [5, 5.41) is 7.60. The quantitative estimate of drug-likeness (QED) is 0.349. The van der Waals surface area contributed by atoms with E-state index in [2.05, 4.69) is 27.5 Å². The second-order valence-electron chi connectivity index (χ2n) is 6.35. The van der Waals surface area contributed by atoms with Crippen molar-refractivity contribution in [3.8, 4) is 0 Å². The average molecular weight is 519 g/mol. The highest BCUT2D eigenvalue weighted by molar-refractivity contribution is 14.0. The number of ether oxygens (including phenoxy) is 1. The zero-order chi connectivity index (χ0) is 19.1. The van der Waals surface area contributed by atoms with Crippen LogP contribution in [0.2, 0.25) is 0 Å². The minimum Gasteiger partial charge on any atom is -0.378 e. The molecule has 0 aliphatic carbocycles. The molecular weight excluding hydrogens is 492 g/mol. The van der Waals surface area contributed by atoms with Gasteiger partial charge in [0.15, 0.2) is 5.96 Å². The Morgan fingerprint density at radius 3 is 2.75 bits per heavy atom.